The van der Waals surface area contributed by atoms with E-state index >= 15 is 0 Å². The van der Waals surface area contributed by atoms with Crippen molar-refractivity contribution in [3.8, 4) is 0 Å². The Balaban J connectivity index is 2.29. The number of hydrogen-bond acceptors (Lipinski definition) is 4. The minimum absolute atomic E-state index is 0.0423. The molecule has 1 amide bonds. The summed E-state index contributed by atoms with van der Waals surface area (Å²) in [5.41, 5.74) is 6.79. The molecule has 4 N–H and O–H groups in total. The predicted octanol–water partition coefficient (Wildman–Crippen LogP) is -0.192. The third-order valence-electron chi connectivity index (χ3n) is 2.72. The largest absolute Gasteiger partial charge is 0.329 e. The molecular weight excluding hydrogens is 254 g/mol. The highest BCUT2D eigenvalue weighted by Gasteiger charge is 2.19. The molecule has 0 bridgehead atoms. The van der Waals surface area contributed by atoms with Crippen LogP contribution in [0.2, 0.25) is 0 Å². The van der Waals surface area contributed by atoms with Gasteiger partial charge in [-0.2, -0.15) is 0 Å². The number of amides is 1. The highest BCUT2D eigenvalue weighted by atomic mass is 32.2. The van der Waals surface area contributed by atoms with Crippen molar-refractivity contribution >= 4 is 21.6 Å². The molecule has 0 saturated carbocycles. The molecule has 1 aromatic rings. The average Bonchev–Trinajstić information content (AvgIpc) is 2.35. The van der Waals surface area contributed by atoms with E-state index < -0.39 is 10.0 Å². The summed E-state index contributed by atoms with van der Waals surface area (Å²) in [6.45, 7) is 0.455. The zero-order valence-corrected chi connectivity index (χ0v) is 10.6. The van der Waals surface area contributed by atoms with Crippen molar-refractivity contribution in [2.75, 3.05) is 18.4 Å². The fourth-order valence-electron chi connectivity index (χ4n) is 1.80. The van der Waals surface area contributed by atoms with Gasteiger partial charge in [0.2, 0.25) is 15.9 Å². The Labute approximate surface area is 106 Å². The lowest BCUT2D eigenvalue weighted by atomic mass is 10.0. The maximum Gasteiger partial charge on any atom is 0.240 e. The van der Waals surface area contributed by atoms with E-state index in [0.29, 0.717) is 18.5 Å². The minimum Gasteiger partial charge on any atom is -0.329 e. The number of carbonyl (C=O) groups excluding carboxylic acids is 1. The molecule has 0 spiro atoms. The van der Waals surface area contributed by atoms with Gasteiger partial charge in [-0.3, -0.25) is 4.79 Å². The second-order valence-electron chi connectivity index (χ2n) is 4.05. The van der Waals surface area contributed by atoms with E-state index in [2.05, 4.69) is 10.0 Å². The highest BCUT2D eigenvalue weighted by molar-refractivity contribution is 7.89. The number of aryl methyl sites for hydroxylation is 1. The minimum atomic E-state index is -3.51. The number of carbonyl (C=O) groups is 1. The van der Waals surface area contributed by atoms with Crippen molar-refractivity contribution in [1.82, 2.24) is 4.72 Å². The molecule has 0 atom stereocenters. The van der Waals surface area contributed by atoms with Crippen LogP contribution in [0.4, 0.5) is 5.69 Å². The monoisotopic (exact) mass is 269 g/mol. The van der Waals surface area contributed by atoms with Gasteiger partial charge >= 0.3 is 0 Å². The summed E-state index contributed by atoms with van der Waals surface area (Å²) in [4.78, 5) is 11.4. The molecule has 0 radical (unpaired) electrons. The molecule has 0 fully saturated rings. The van der Waals surface area contributed by atoms with Crippen LogP contribution in [-0.4, -0.2) is 27.4 Å². The molecule has 0 saturated heterocycles. The third-order valence-corrected chi connectivity index (χ3v) is 4.18. The van der Waals surface area contributed by atoms with Crippen LogP contribution in [0.15, 0.2) is 23.1 Å². The van der Waals surface area contributed by atoms with Gasteiger partial charge in [-0.15, -0.1) is 0 Å². The molecule has 7 heteroatoms. The molecule has 1 aliphatic heterocycles. The van der Waals surface area contributed by atoms with Gasteiger partial charge in [0.05, 0.1) is 4.90 Å². The van der Waals surface area contributed by atoms with Crippen molar-refractivity contribution in [3.05, 3.63) is 23.8 Å². The second-order valence-corrected chi connectivity index (χ2v) is 5.82. The normalized spacial score (nSPS) is 15.1. The molecule has 1 aliphatic rings. The Bertz CT molecular complexity index is 569. The summed E-state index contributed by atoms with van der Waals surface area (Å²) in [7, 11) is -3.51. The van der Waals surface area contributed by atoms with E-state index in [0.717, 1.165) is 5.56 Å². The van der Waals surface area contributed by atoms with Crippen molar-refractivity contribution in [2.24, 2.45) is 5.73 Å². The van der Waals surface area contributed by atoms with Crippen LogP contribution in [0.1, 0.15) is 12.0 Å². The SMILES string of the molecule is NCCNS(=O)(=O)c1ccc2c(c1)CCC(=O)N2. The number of nitrogens with one attached hydrogen (secondary N) is 2. The van der Waals surface area contributed by atoms with Crippen LogP contribution in [0.5, 0.6) is 0 Å². The maximum absolute atomic E-state index is 11.9. The number of hydrogen-bond donors (Lipinski definition) is 3. The summed E-state index contributed by atoms with van der Waals surface area (Å²) in [6, 6.07) is 4.68. The molecule has 1 aromatic carbocycles. The van der Waals surface area contributed by atoms with Crippen molar-refractivity contribution < 1.29 is 13.2 Å². The number of nitrogens with two attached hydrogens (primary N) is 1. The van der Waals surface area contributed by atoms with Crippen LogP contribution in [0.3, 0.4) is 0 Å². The molecule has 0 aromatic heterocycles. The maximum atomic E-state index is 11.9. The number of rotatable bonds is 4. The first-order valence-corrected chi connectivity index (χ1v) is 7.14. The summed E-state index contributed by atoms with van der Waals surface area (Å²) < 4.78 is 26.2. The molecule has 98 valence electrons. The summed E-state index contributed by atoms with van der Waals surface area (Å²) >= 11 is 0. The van der Waals surface area contributed by atoms with Gasteiger partial charge in [-0.1, -0.05) is 0 Å². The van der Waals surface area contributed by atoms with E-state index in [4.69, 9.17) is 5.73 Å². The summed E-state index contributed by atoms with van der Waals surface area (Å²) in [6.07, 6.45) is 0.939. The fraction of sp³-hybridized carbons (Fsp3) is 0.364. The zero-order chi connectivity index (χ0) is 13.2. The van der Waals surface area contributed by atoms with Crippen LogP contribution in [0.25, 0.3) is 0 Å². The van der Waals surface area contributed by atoms with E-state index in [-0.39, 0.29) is 23.9 Å². The van der Waals surface area contributed by atoms with E-state index in [1.165, 1.54) is 6.07 Å². The lowest BCUT2D eigenvalue weighted by Gasteiger charge is -2.17. The smallest absolute Gasteiger partial charge is 0.240 e. The zero-order valence-electron chi connectivity index (χ0n) is 9.77. The molecule has 0 unspecified atom stereocenters. The Morgan fingerprint density at radius 3 is 2.83 bits per heavy atom. The molecule has 18 heavy (non-hydrogen) atoms. The first kappa shape index (κ1) is 13.0. The lowest BCUT2D eigenvalue weighted by molar-refractivity contribution is -0.116. The highest BCUT2D eigenvalue weighted by Crippen LogP contribution is 2.25. The molecule has 1 heterocycles. The standard InChI is InChI=1S/C11H15N3O3S/c12-5-6-13-18(16,17)9-2-3-10-8(7-9)1-4-11(15)14-10/h2-3,7,13H,1,4-6,12H2,(H,14,15). The van der Waals surface area contributed by atoms with E-state index in [1.54, 1.807) is 12.1 Å². The quantitative estimate of drug-likeness (QED) is 0.705. The van der Waals surface area contributed by atoms with Gasteiger partial charge in [0.15, 0.2) is 0 Å². The number of benzene rings is 1. The van der Waals surface area contributed by atoms with Gasteiger partial charge in [-0.05, 0) is 30.2 Å². The Hall–Kier alpha value is -1.44. The predicted molar refractivity (Wildman–Crippen MR) is 67.6 cm³/mol. The first-order chi connectivity index (χ1) is 8.53. The summed E-state index contributed by atoms with van der Waals surface area (Å²) in [5.74, 6) is -0.0423. The second kappa shape index (κ2) is 5.05. The van der Waals surface area contributed by atoms with Crippen molar-refractivity contribution in [1.29, 1.82) is 0 Å². The van der Waals surface area contributed by atoms with Crippen molar-refractivity contribution in [2.45, 2.75) is 17.7 Å². The Kier molecular flexibility index (Phi) is 3.65. The topological polar surface area (TPSA) is 101 Å². The van der Waals surface area contributed by atoms with Gasteiger partial charge in [0.1, 0.15) is 0 Å². The fourth-order valence-corrected chi connectivity index (χ4v) is 2.90. The Morgan fingerprint density at radius 1 is 1.33 bits per heavy atom. The lowest BCUT2D eigenvalue weighted by Crippen LogP contribution is -2.29. The average molecular weight is 269 g/mol. The molecule has 2 rings (SSSR count). The van der Waals surface area contributed by atoms with E-state index in [1.807, 2.05) is 0 Å². The molecule has 0 aliphatic carbocycles. The number of sulfonamides is 1. The molecule has 6 nitrogen and oxygen atoms in total. The third kappa shape index (κ3) is 2.69. The van der Waals surface area contributed by atoms with Crippen LogP contribution in [-0.2, 0) is 21.2 Å². The van der Waals surface area contributed by atoms with Gasteiger partial charge in [0, 0.05) is 25.2 Å². The number of fused-ring (bicyclic) bond motifs is 1. The first-order valence-electron chi connectivity index (χ1n) is 5.65. The van der Waals surface area contributed by atoms with Crippen LogP contribution >= 0.6 is 0 Å². The van der Waals surface area contributed by atoms with Crippen molar-refractivity contribution in [3.63, 3.8) is 0 Å². The van der Waals surface area contributed by atoms with Crippen LogP contribution < -0.4 is 15.8 Å². The van der Waals surface area contributed by atoms with E-state index in [9.17, 15) is 13.2 Å². The van der Waals surface area contributed by atoms with Crippen LogP contribution in [0, 0.1) is 0 Å². The van der Waals surface area contributed by atoms with Gasteiger partial charge in [-0.25, -0.2) is 13.1 Å². The van der Waals surface area contributed by atoms with Gasteiger partial charge < -0.3 is 11.1 Å². The Morgan fingerprint density at radius 2 is 2.11 bits per heavy atom. The number of anilines is 1. The molecular formula is C11H15N3O3S. The summed E-state index contributed by atoms with van der Waals surface area (Å²) in [5, 5.41) is 2.71. The van der Waals surface area contributed by atoms with Gasteiger partial charge in [0.25, 0.3) is 0 Å².